The molecule has 1 aliphatic carbocycles. The molecule has 2 atom stereocenters. The second-order valence-electron chi connectivity index (χ2n) is 4.52. The number of hydrogen-bond donors (Lipinski definition) is 2. The Morgan fingerprint density at radius 1 is 1.60 bits per heavy atom. The lowest BCUT2D eigenvalue weighted by Crippen LogP contribution is -2.15. The van der Waals surface area contributed by atoms with Crippen molar-refractivity contribution in [2.45, 2.75) is 39.3 Å². The second-order valence-corrected chi connectivity index (χ2v) is 4.91. The van der Waals surface area contributed by atoms with Crippen molar-refractivity contribution in [2.75, 3.05) is 0 Å². The number of aliphatic hydroxyl groups excluding tert-OH is 1. The number of aromatic amines is 1. The van der Waals surface area contributed by atoms with E-state index in [4.69, 9.17) is 12.2 Å². The average molecular weight is 226 g/mol. The predicted octanol–water partition coefficient (Wildman–Crippen LogP) is 2.47. The molecule has 0 aromatic carbocycles. The molecule has 1 heterocycles. The lowest BCUT2D eigenvalue weighted by molar-refractivity contribution is 0.262. The van der Waals surface area contributed by atoms with Gasteiger partial charge in [-0.2, -0.15) is 0 Å². The fraction of sp³-hybridized carbons (Fsp3) is 0.727. The van der Waals surface area contributed by atoms with Crippen molar-refractivity contribution in [2.24, 2.45) is 11.8 Å². The number of aliphatic hydroxyl groups is 1. The third-order valence-corrected chi connectivity index (χ3v) is 3.91. The van der Waals surface area contributed by atoms with Crippen LogP contribution in [0, 0.1) is 16.6 Å². The molecule has 0 saturated heterocycles. The van der Waals surface area contributed by atoms with Crippen LogP contribution >= 0.6 is 12.2 Å². The Balaban J connectivity index is 2.15. The van der Waals surface area contributed by atoms with E-state index in [-0.39, 0.29) is 6.61 Å². The first kappa shape index (κ1) is 10.9. The van der Waals surface area contributed by atoms with Crippen molar-refractivity contribution in [3.8, 4) is 0 Å². The van der Waals surface area contributed by atoms with Crippen LogP contribution in [0.15, 0.2) is 6.20 Å². The Labute approximate surface area is 95.1 Å². The maximum absolute atomic E-state index is 9.18. The van der Waals surface area contributed by atoms with Crippen molar-refractivity contribution in [3.05, 3.63) is 16.7 Å². The number of imidazole rings is 1. The fourth-order valence-electron chi connectivity index (χ4n) is 2.49. The summed E-state index contributed by atoms with van der Waals surface area (Å²) in [4.78, 5) is 2.99. The van der Waals surface area contributed by atoms with Crippen LogP contribution in [0.1, 0.15) is 31.9 Å². The standard InChI is InChI=1S/C11H18N2OS/c1-8-3-2-4-9(8)6-13-10(7-14)5-12-11(13)15/h5,8-9,14H,2-4,6-7H2,1H3,(H,12,15). The van der Waals surface area contributed by atoms with Crippen LogP contribution in [-0.4, -0.2) is 14.7 Å². The minimum absolute atomic E-state index is 0.0637. The Hall–Kier alpha value is -0.610. The van der Waals surface area contributed by atoms with Gasteiger partial charge in [0, 0.05) is 12.7 Å². The molecule has 2 unspecified atom stereocenters. The molecule has 0 bridgehead atoms. The van der Waals surface area contributed by atoms with E-state index in [1.54, 1.807) is 0 Å². The summed E-state index contributed by atoms with van der Waals surface area (Å²) in [6.07, 6.45) is 5.76. The van der Waals surface area contributed by atoms with E-state index >= 15 is 0 Å². The summed E-state index contributed by atoms with van der Waals surface area (Å²) in [5.41, 5.74) is 0.902. The third kappa shape index (κ3) is 2.16. The molecule has 4 heteroatoms. The molecule has 1 aliphatic rings. The molecule has 1 saturated carbocycles. The Morgan fingerprint density at radius 3 is 3.00 bits per heavy atom. The molecular weight excluding hydrogens is 208 g/mol. The Morgan fingerprint density at radius 2 is 2.40 bits per heavy atom. The van der Waals surface area contributed by atoms with Crippen LogP contribution in [0.5, 0.6) is 0 Å². The number of aromatic nitrogens is 2. The first-order valence-corrected chi connectivity index (χ1v) is 6.01. The highest BCUT2D eigenvalue weighted by atomic mass is 32.1. The van der Waals surface area contributed by atoms with Crippen LogP contribution in [-0.2, 0) is 13.2 Å². The van der Waals surface area contributed by atoms with Gasteiger partial charge in [0.05, 0.1) is 12.3 Å². The molecule has 15 heavy (non-hydrogen) atoms. The second kappa shape index (κ2) is 4.49. The van der Waals surface area contributed by atoms with E-state index in [0.717, 1.165) is 28.8 Å². The maximum Gasteiger partial charge on any atom is 0.177 e. The van der Waals surface area contributed by atoms with E-state index in [1.807, 2.05) is 10.8 Å². The van der Waals surface area contributed by atoms with Crippen LogP contribution in [0.4, 0.5) is 0 Å². The zero-order valence-electron chi connectivity index (χ0n) is 9.07. The smallest absolute Gasteiger partial charge is 0.177 e. The third-order valence-electron chi connectivity index (χ3n) is 3.57. The highest BCUT2D eigenvalue weighted by molar-refractivity contribution is 7.71. The molecule has 3 nitrogen and oxygen atoms in total. The minimum atomic E-state index is 0.0637. The van der Waals surface area contributed by atoms with Crippen LogP contribution in [0.2, 0.25) is 0 Å². The summed E-state index contributed by atoms with van der Waals surface area (Å²) in [7, 11) is 0. The van der Waals surface area contributed by atoms with Gasteiger partial charge in [-0.25, -0.2) is 0 Å². The topological polar surface area (TPSA) is 41.0 Å². The van der Waals surface area contributed by atoms with E-state index in [9.17, 15) is 5.11 Å². The van der Waals surface area contributed by atoms with Gasteiger partial charge in [0.2, 0.25) is 0 Å². The zero-order chi connectivity index (χ0) is 10.8. The molecule has 0 aliphatic heterocycles. The highest BCUT2D eigenvalue weighted by Gasteiger charge is 2.24. The Kier molecular flexibility index (Phi) is 3.26. The summed E-state index contributed by atoms with van der Waals surface area (Å²) in [6, 6.07) is 0. The molecule has 2 N–H and O–H groups in total. The molecular formula is C11H18N2OS. The van der Waals surface area contributed by atoms with Crippen LogP contribution in [0.25, 0.3) is 0 Å². The van der Waals surface area contributed by atoms with Gasteiger partial charge in [-0.05, 0) is 30.5 Å². The fourth-order valence-corrected chi connectivity index (χ4v) is 2.74. The first-order chi connectivity index (χ1) is 7.22. The quantitative estimate of drug-likeness (QED) is 0.777. The summed E-state index contributed by atoms with van der Waals surface area (Å²) in [5, 5.41) is 9.18. The Bertz CT molecular complexity index is 382. The number of nitrogens with one attached hydrogen (secondary N) is 1. The summed E-state index contributed by atoms with van der Waals surface area (Å²) >= 11 is 5.21. The molecule has 2 rings (SSSR count). The van der Waals surface area contributed by atoms with Crippen LogP contribution in [0.3, 0.4) is 0 Å². The molecule has 84 valence electrons. The van der Waals surface area contributed by atoms with E-state index < -0.39 is 0 Å². The lowest BCUT2D eigenvalue weighted by Gasteiger charge is -2.17. The molecule has 0 spiro atoms. The van der Waals surface area contributed by atoms with Crippen molar-refractivity contribution >= 4 is 12.2 Å². The number of rotatable bonds is 3. The minimum Gasteiger partial charge on any atom is -0.390 e. The van der Waals surface area contributed by atoms with Crippen molar-refractivity contribution in [3.63, 3.8) is 0 Å². The summed E-state index contributed by atoms with van der Waals surface area (Å²) in [5.74, 6) is 1.51. The van der Waals surface area contributed by atoms with Gasteiger partial charge in [-0.15, -0.1) is 0 Å². The molecule has 0 radical (unpaired) electrons. The highest BCUT2D eigenvalue weighted by Crippen LogP contribution is 2.32. The summed E-state index contributed by atoms with van der Waals surface area (Å²) < 4.78 is 2.78. The normalized spacial score (nSPS) is 26.0. The van der Waals surface area contributed by atoms with Gasteiger partial charge >= 0.3 is 0 Å². The van der Waals surface area contributed by atoms with E-state index in [1.165, 1.54) is 19.3 Å². The lowest BCUT2D eigenvalue weighted by atomic mass is 9.98. The SMILES string of the molecule is CC1CCCC1Cn1c(CO)c[nH]c1=S. The molecule has 0 amide bonds. The van der Waals surface area contributed by atoms with Gasteiger partial charge in [0.15, 0.2) is 4.77 Å². The number of H-pyrrole nitrogens is 1. The largest absolute Gasteiger partial charge is 0.390 e. The average Bonchev–Trinajstić information content (AvgIpc) is 2.77. The molecule has 1 fully saturated rings. The zero-order valence-corrected chi connectivity index (χ0v) is 9.89. The first-order valence-electron chi connectivity index (χ1n) is 5.60. The van der Waals surface area contributed by atoms with Crippen molar-refractivity contribution in [1.82, 2.24) is 9.55 Å². The van der Waals surface area contributed by atoms with Crippen LogP contribution < -0.4 is 0 Å². The van der Waals surface area contributed by atoms with E-state index in [2.05, 4.69) is 11.9 Å². The maximum atomic E-state index is 9.18. The van der Waals surface area contributed by atoms with Crippen molar-refractivity contribution in [1.29, 1.82) is 0 Å². The number of nitrogens with zero attached hydrogens (tertiary/aromatic N) is 1. The van der Waals surface area contributed by atoms with Gasteiger partial charge in [0.25, 0.3) is 0 Å². The summed E-state index contributed by atoms with van der Waals surface area (Å²) in [6.45, 7) is 3.33. The van der Waals surface area contributed by atoms with Gasteiger partial charge in [-0.3, -0.25) is 0 Å². The molecule has 1 aromatic rings. The van der Waals surface area contributed by atoms with E-state index in [0.29, 0.717) is 0 Å². The number of hydrogen-bond acceptors (Lipinski definition) is 2. The van der Waals surface area contributed by atoms with Gasteiger partial charge in [0.1, 0.15) is 0 Å². The molecule has 1 aromatic heterocycles. The predicted molar refractivity (Wildman–Crippen MR) is 62.0 cm³/mol. The monoisotopic (exact) mass is 226 g/mol. The van der Waals surface area contributed by atoms with Gasteiger partial charge < -0.3 is 14.7 Å². The van der Waals surface area contributed by atoms with Gasteiger partial charge in [-0.1, -0.05) is 19.8 Å². The van der Waals surface area contributed by atoms with Crippen molar-refractivity contribution < 1.29 is 5.11 Å².